The third kappa shape index (κ3) is 7.38. The highest BCUT2D eigenvalue weighted by Gasteiger charge is 2.24. The molecule has 0 aliphatic carbocycles. The highest BCUT2D eigenvalue weighted by Crippen LogP contribution is 2.15. The third-order valence-electron chi connectivity index (χ3n) is 9.49. The van der Waals surface area contributed by atoms with E-state index in [1.807, 2.05) is 55.5 Å². The molecule has 0 fully saturated rings. The number of amides is 2. The van der Waals surface area contributed by atoms with Crippen molar-refractivity contribution in [3.63, 3.8) is 0 Å². The van der Waals surface area contributed by atoms with Crippen LogP contribution in [0, 0.1) is 6.92 Å². The molecule has 0 saturated heterocycles. The van der Waals surface area contributed by atoms with Crippen LogP contribution in [0.25, 0.3) is 22.1 Å². The number of hydrogen-bond acceptors (Lipinski definition) is 8. The molecule has 4 heterocycles. The van der Waals surface area contributed by atoms with Crippen molar-refractivity contribution in [2.24, 2.45) is 21.1 Å². The van der Waals surface area contributed by atoms with Crippen LogP contribution in [0.5, 0.6) is 0 Å². The number of nitrogens with zero attached hydrogens (tertiary/aromatic N) is 7. The number of hydrogen-bond donors (Lipinski definition) is 3. The molecule has 0 unspecified atom stereocenters. The summed E-state index contributed by atoms with van der Waals surface area (Å²) < 4.78 is 5.35. The summed E-state index contributed by atoms with van der Waals surface area (Å²) in [5.41, 5.74) is 2.06. The molecule has 2 aromatic carbocycles. The highest BCUT2D eigenvalue weighted by atomic mass is 16.2. The molecule has 0 atom stereocenters. The van der Waals surface area contributed by atoms with Crippen molar-refractivity contribution in [2.75, 3.05) is 13.1 Å². The lowest BCUT2D eigenvalue weighted by Gasteiger charge is -2.11. The van der Waals surface area contributed by atoms with Gasteiger partial charge in [-0.1, -0.05) is 61.0 Å². The number of aromatic nitrogens is 8. The number of carbonyl (C=O) groups is 2. The summed E-state index contributed by atoms with van der Waals surface area (Å²) in [6, 6.07) is 16.1. The first-order valence-corrected chi connectivity index (χ1v) is 17.4. The van der Waals surface area contributed by atoms with Gasteiger partial charge < -0.3 is 10.6 Å². The number of rotatable bonds is 13. The fraction of sp³-hybridized carbons (Fsp3) is 0.351. The smallest absolute Gasteiger partial charge is 0.334 e. The fourth-order valence-electron chi connectivity index (χ4n) is 6.39. The van der Waals surface area contributed by atoms with Crippen LogP contribution in [0.3, 0.4) is 0 Å². The first-order chi connectivity index (χ1) is 25.4. The molecule has 276 valence electrons. The van der Waals surface area contributed by atoms with Gasteiger partial charge in [-0.25, -0.2) is 18.8 Å². The van der Waals surface area contributed by atoms with E-state index in [4.69, 9.17) is 0 Å². The van der Waals surface area contributed by atoms with Crippen molar-refractivity contribution in [1.29, 1.82) is 0 Å². The predicted octanol–water partition coefficient (Wildman–Crippen LogP) is 0.350. The molecule has 53 heavy (non-hydrogen) atoms. The second-order valence-electron chi connectivity index (χ2n) is 13.2. The molecule has 0 bridgehead atoms. The molecule has 6 aromatic rings. The summed E-state index contributed by atoms with van der Waals surface area (Å²) in [5, 5.41) is 17.2. The van der Waals surface area contributed by atoms with Gasteiger partial charge in [0.15, 0.2) is 5.65 Å². The molecule has 0 aliphatic heterocycles. The summed E-state index contributed by atoms with van der Waals surface area (Å²) in [5.74, 6) is -0.740. The monoisotopic (exact) mass is 722 g/mol. The summed E-state index contributed by atoms with van der Waals surface area (Å²) in [6.07, 6.45) is 1.66. The third-order valence-corrected chi connectivity index (χ3v) is 9.49. The van der Waals surface area contributed by atoms with E-state index in [1.165, 1.54) is 40.5 Å². The zero-order chi connectivity index (χ0) is 38.0. The number of fused-ring (bicyclic) bond motifs is 2. The Labute approximate surface area is 302 Å². The molecule has 0 radical (unpaired) electrons. The number of benzene rings is 2. The van der Waals surface area contributed by atoms with Crippen LogP contribution in [-0.2, 0) is 69.5 Å². The van der Waals surface area contributed by atoms with Crippen molar-refractivity contribution in [3.8, 4) is 0 Å². The number of aromatic amines is 1. The first-order valence-electron chi connectivity index (χ1n) is 17.4. The van der Waals surface area contributed by atoms with E-state index in [0.29, 0.717) is 25.9 Å². The minimum Gasteiger partial charge on any atom is -0.355 e. The van der Waals surface area contributed by atoms with Gasteiger partial charge in [0.25, 0.3) is 11.1 Å². The van der Waals surface area contributed by atoms with E-state index in [-0.39, 0.29) is 52.2 Å². The van der Waals surface area contributed by atoms with Crippen molar-refractivity contribution >= 4 is 33.9 Å². The van der Waals surface area contributed by atoms with E-state index < -0.39 is 35.1 Å². The number of aryl methyl sites for hydroxylation is 4. The molecule has 2 amide bonds. The van der Waals surface area contributed by atoms with Crippen LogP contribution in [-0.4, -0.2) is 63.2 Å². The zero-order valence-corrected chi connectivity index (χ0v) is 30.4. The number of nitrogens with one attached hydrogen (secondary N) is 3. The maximum absolute atomic E-state index is 14.0. The Morgan fingerprint density at radius 1 is 0.717 bits per heavy atom. The Morgan fingerprint density at radius 3 is 1.92 bits per heavy atom. The van der Waals surface area contributed by atoms with Gasteiger partial charge in [0.2, 0.25) is 11.8 Å². The van der Waals surface area contributed by atoms with Gasteiger partial charge in [-0.3, -0.25) is 38.0 Å². The largest absolute Gasteiger partial charge is 0.355 e. The van der Waals surface area contributed by atoms with Gasteiger partial charge >= 0.3 is 11.4 Å². The standard InChI is InChI=1S/C37H42N10O6/c1-6-23-11-13-25(14-12-23)16-18-39-29(49)20-27-31-33(44(4)36(52)45(5)34(31)50)47(42-27)21-46-35(51)30-26(40-41-32(30)43(3)37(46)53)19-28(48)38-17-15-24-9-7-22(2)8-10-24/h7-14H,6,15-21H2,1-5H3,(H,38,48)(H,39,49)(H,40,41). The molecule has 4 aromatic heterocycles. The molecule has 6 rings (SSSR count). The van der Waals surface area contributed by atoms with Crippen LogP contribution in [0.4, 0.5) is 0 Å². The molecule has 0 saturated carbocycles. The van der Waals surface area contributed by atoms with E-state index >= 15 is 0 Å². The molecule has 16 nitrogen and oxygen atoms in total. The van der Waals surface area contributed by atoms with E-state index in [2.05, 4.69) is 32.9 Å². The van der Waals surface area contributed by atoms with E-state index in [0.717, 1.165) is 32.2 Å². The topological polar surface area (TPSA) is 193 Å². The molecule has 16 heteroatoms. The second-order valence-corrected chi connectivity index (χ2v) is 13.2. The SMILES string of the molecule is CCc1ccc(CCNC(=O)Cc2nn(Cn3c(=O)c4c(CC(=O)NCCc5ccc(C)cc5)[nH]nc4n(C)c3=O)c3c2c(=O)n(C)c(=O)n3C)cc1. The maximum atomic E-state index is 14.0. The van der Waals surface area contributed by atoms with Crippen LogP contribution in [0.1, 0.15) is 40.6 Å². The van der Waals surface area contributed by atoms with Crippen molar-refractivity contribution < 1.29 is 9.59 Å². The molecule has 0 spiro atoms. The van der Waals surface area contributed by atoms with Crippen LogP contribution in [0.15, 0.2) is 67.7 Å². The molecular formula is C37H42N10O6. The first kappa shape index (κ1) is 36.5. The lowest BCUT2D eigenvalue weighted by molar-refractivity contribution is -0.121. The Kier molecular flexibility index (Phi) is 10.4. The van der Waals surface area contributed by atoms with Crippen molar-refractivity contribution in [1.82, 2.24) is 48.9 Å². The van der Waals surface area contributed by atoms with Crippen molar-refractivity contribution in [3.05, 3.63) is 124 Å². The summed E-state index contributed by atoms with van der Waals surface area (Å²) >= 11 is 0. The molecule has 3 N–H and O–H groups in total. The predicted molar refractivity (Wildman–Crippen MR) is 199 cm³/mol. The van der Waals surface area contributed by atoms with Crippen molar-refractivity contribution in [2.45, 2.75) is 52.6 Å². The fourth-order valence-corrected chi connectivity index (χ4v) is 6.39. The van der Waals surface area contributed by atoms with Gasteiger partial charge in [0.1, 0.15) is 23.1 Å². The Hall–Kier alpha value is -6.32. The molecular weight excluding hydrogens is 680 g/mol. The van der Waals surface area contributed by atoms with Crippen LogP contribution in [0.2, 0.25) is 0 Å². The second kappa shape index (κ2) is 15.1. The van der Waals surface area contributed by atoms with E-state index in [1.54, 1.807) is 0 Å². The zero-order valence-electron chi connectivity index (χ0n) is 30.4. The number of H-pyrrole nitrogens is 1. The van der Waals surface area contributed by atoms with Gasteiger partial charge in [0, 0.05) is 34.2 Å². The minimum absolute atomic E-state index is 0.0113. The maximum Gasteiger partial charge on any atom is 0.334 e. The van der Waals surface area contributed by atoms with E-state index in [9.17, 15) is 28.8 Å². The quantitative estimate of drug-likeness (QED) is 0.152. The van der Waals surface area contributed by atoms with Crippen LogP contribution >= 0.6 is 0 Å². The Morgan fingerprint density at radius 2 is 1.30 bits per heavy atom. The lowest BCUT2D eigenvalue weighted by Crippen LogP contribution is -2.42. The normalized spacial score (nSPS) is 11.4. The average Bonchev–Trinajstić information content (AvgIpc) is 3.73. The lowest BCUT2D eigenvalue weighted by atomic mass is 10.1. The molecule has 0 aliphatic rings. The van der Waals surface area contributed by atoms with Gasteiger partial charge in [-0.05, 0) is 42.9 Å². The number of carbonyl (C=O) groups excluding carboxylic acids is 2. The van der Waals surface area contributed by atoms with Crippen LogP contribution < -0.4 is 33.1 Å². The summed E-state index contributed by atoms with van der Waals surface area (Å²) in [6.45, 7) is 4.31. The van der Waals surface area contributed by atoms with Gasteiger partial charge in [0.05, 0.1) is 24.2 Å². The minimum atomic E-state index is -0.747. The summed E-state index contributed by atoms with van der Waals surface area (Å²) in [4.78, 5) is 80.0. The van der Waals surface area contributed by atoms with Gasteiger partial charge in [-0.15, -0.1) is 0 Å². The van der Waals surface area contributed by atoms with Gasteiger partial charge in [-0.2, -0.15) is 10.2 Å². The highest BCUT2D eigenvalue weighted by molar-refractivity contribution is 5.86. The average molecular weight is 723 g/mol. The Bertz CT molecular complexity index is 2590. The summed E-state index contributed by atoms with van der Waals surface area (Å²) in [7, 11) is 4.20. The Balaban J connectivity index is 1.27.